The zero-order valence-corrected chi connectivity index (χ0v) is 12.7. The molecule has 0 bridgehead atoms. The number of carboxylic acids is 1. The van der Waals surface area contributed by atoms with E-state index in [2.05, 4.69) is 5.32 Å². The van der Waals surface area contributed by atoms with E-state index in [1.807, 2.05) is 0 Å². The van der Waals surface area contributed by atoms with E-state index in [4.69, 9.17) is 16.7 Å². The second-order valence-corrected chi connectivity index (χ2v) is 5.79. The van der Waals surface area contributed by atoms with Crippen molar-refractivity contribution in [2.75, 3.05) is 0 Å². The molecule has 2 N–H and O–H groups in total. The molecule has 0 aromatic heterocycles. The highest BCUT2D eigenvalue weighted by atomic mass is 35.5. The molecule has 4 nitrogen and oxygen atoms in total. The van der Waals surface area contributed by atoms with Crippen LogP contribution in [0.2, 0.25) is 5.02 Å². The van der Waals surface area contributed by atoms with Gasteiger partial charge in [0.05, 0.1) is 22.2 Å². The first-order valence-corrected chi connectivity index (χ1v) is 7.46. The monoisotopic (exact) mass is 333 g/mol. The maximum absolute atomic E-state index is 13.7. The summed E-state index contributed by atoms with van der Waals surface area (Å²) in [6.45, 7) is 0. The Morgan fingerprint density at radius 2 is 1.96 bits per heavy atom. The molecule has 23 heavy (non-hydrogen) atoms. The summed E-state index contributed by atoms with van der Waals surface area (Å²) >= 11 is 6.00. The molecule has 0 heterocycles. The maximum Gasteiger partial charge on any atom is 0.338 e. The van der Waals surface area contributed by atoms with Crippen molar-refractivity contribution in [3.63, 3.8) is 0 Å². The lowest BCUT2D eigenvalue weighted by molar-refractivity contribution is 0.0691. The van der Waals surface area contributed by atoms with Gasteiger partial charge in [0.2, 0.25) is 0 Å². The quantitative estimate of drug-likeness (QED) is 0.902. The molecule has 1 atom stereocenters. The zero-order valence-electron chi connectivity index (χ0n) is 12.0. The summed E-state index contributed by atoms with van der Waals surface area (Å²) < 4.78 is 13.7. The Kier molecular flexibility index (Phi) is 4.05. The van der Waals surface area contributed by atoms with Gasteiger partial charge in [-0.3, -0.25) is 4.79 Å². The molecular weight excluding hydrogens is 321 g/mol. The second kappa shape index (κ2) is 6.01. The number of nitrogens with one attached hydrogen (secondary N) is 1. The van der Waals surface area contributed by atoms with Gasteiger partial charge in [-0.15, -0.1) is 0 Å². The number of carbonyl (C=O) groups excluding carboxylic acids is 1. The number of carboxylic acid groups (broad SMARTS) is 1. The fourth-order valence-electron chi connectivity index (χ4n) is 2.82. The molecule has 0 radical (unpaired) electrons. The largest absolute Gasteiger partial charge is 0.478 e. The van der Waals surface area contributed by atoms with Crippen LogP contribution in [0.15, 0.2) is 36.4 Å². The molecular formula is C17H13ClFNO3. The number of carbonyl (C=O) groups is 2. The number of fused-ring (bicyclic) bond motifs is 1. The number of hydrogen-bond acceptors (Lipinski definition) is 2. The third-order valence-electron chi connectivity index (χ3n) is 3.96. The van der Waals surface area contributed by atoms with E-state index in [-0.39, 0.29) is 17.5 Å². The normalized spacial score (nSPS) is 16.0. The van der Waals surface area contributed by atoms with E-state index in [1.165, 1.54) is 12.1 Å². The van der Waals surface area contributed by atoms with E-state index >= 15 is 0 Å². The second-order valence-electron chi connectivity index (χ2n) is 5.38. The summed E-state index contributed by atoms with van der Waals surface area (Å²) in [6.07, 6.45) is 1.17. The van der Waals surface area contributed by atoms with Crippen molar-refractivity contribution in [2.45, 2.75) is 18.9 Å². The number of halogens is 2. The van der Waals surface area contributed by atoms with Crippen LogP contribution in [-0.4, -0.2) is 17.0 Å². The molecule has 0 unspecified atom stereocenters. The smallest absolute Gasteiger partial charge is 0.338 e. The van der Waals surface area contributed by atoms with Crippen molar-refractivity contribution >= 4 is 23.5 Å². The highest BCUT2D eigenvalue weighted by molar-refractivity contribution is 6.33. The van der Waals surface area contributed by atoms with Gasteiger partial charge in [0.1, 0.15) is 5.82 Å². The van der Waals surface area contributed by atoms with Crippen molar-refractivity contribution in [3.8, 4) is 0 Å². The number of rotatable bonds is 3. The summed E-state index contributed by atoms with van der Waals surface area (Å²) in [4.78, 5) is 23.4. The number of benzene rings is 2. The highest BCUT2D eigenvalue weighted by Gasteiger charge is 2.27. The molecule has 1 aliphatic rings. The Hall–Kier alpha value is -2.40. The molecule has 6 heteroatoms. The number of aryl methyl sites for hydroxylation is 1. The molecule has 0 spiro atoms. The summed E-state index contributed by atoms with van der Waals surface area (Å²) in [6, 6.07) is 8.86. The predicted octanol–water partition coefficient (Wildman–Crippen LogP) is 3.59. The van der Waals surface area contributed by atoms with Crippen molar-refractivity contribution in [1.29, 1.82) is 0 Å². The van der Waals surface area contributed by atoms with Gasteiger partial charge in [-0.1, -0.05) is 23.7 Å². The first kappa shape index (κ1) is 15.5. The van der Waals surface area contributed by atoms with Crippen LogP contribution in [-0.2, 0) is 6.42 Å². The Balaban J connectivity index is 1.88. The van der Waals surface area contributed by atoms with Crippen LogP contribution in [0.3, 0.4) is 0 Å². The van der Waals surface area contributed by atoms with Crippen molar-refractivity contribution in [3.05, 3.63) is 69.5 Å². The minimum atomic E-state index is -1.33. The van der Waals surface area contributed by atoms with Gasteiger partial charge in [0.25, 0.3) is 5.91 Å². The predicted molar refractivity (Wildman–Crippen MR) is 83.3 cm³/mol. The van der Waals surface area contributed by atoms with Gasteiger partial charge in [-0.25, -0.2) is 9.18 Å². The first-order valence-electron chi connectivity index (χ1n) is 7.08. The van der Waals surface area contributed by atoms with Crippen LogP contribution < -0.4 is 5.32 Å². The lowest BCUT2D eigenvalue weighted by Gasteiger charge is -2.15. The lowest BCUT2D eigenvalue weighted by Crippen LogP contribution is -2.27. The third kappa shape index (κ3) is 2.92. The molecule has 0 aliphatic heterocycles. The molecule has 3 rings (SSSR count). The Morgan fingerprint density at radius 3 is 2.65 bits per heavy atom. The van der Waals surface area contributed by atoms with Gasteiger partial charge in [-0.2, -0.15) is 0 Å². The third-order valence-corrected chi connectivity index (χ3v) is 4.29. The standard InChI is InChI=1S/C17H13ClFNO3/c18-13-4-2-1-3-10(13)16(21)20-15-6-5-9-7-14(19)12(17(22)23)8-11(9)15/h1-4,7-8,15H,5-6H2,(H,20,21)(H,22,23)/t15-/m1/s1. The number of hydrogen-bond donors (Lipinski definition) is 2. The topological polar surface area (TPSA) is 66.4 Å². The van der Waals surface area contributed by atoms with Crippen molar-refractivity contribution < 1.29 is 19.1 Å². The fourth-order valence-corrected chi connectivity index (χ4v) is 3.04. The molecule has 1 aliphatic carbocycles. The lowest BCUT2D eigenvalue weighted by atomic mass is 10.0. The SMILES string of the molecule is O=C(O)c1cc2c(cc1F)CC[C@H]2NC(=O)c1ccccc1Cl. The molecule has 2 aromatic rings. The number of amides is 1. The van der Waals surface area contributed by atoms with Gasteiger partial charge < -0.3 is 10.4 Å². The fraction of sp³-hybridized carbons (Fsp3) is 0.176. The van der Waals surface area contributed by atoms with E-state index in [1.54, 1.807) is 24.3 Å². The summed E-state index contributed by atoms with van der Waals surface area (Å²) in [5.41, 5.74) is 1.33. The summed E-state index contributed by atoms with van der Waals surface area (Å²) in [7, 11) is 0. The van der Waals surface area contributed by atoms with E-state index in [0.717, 1.165) is 5.56 Å². The molecule has 0 saturated carbocycles. The summed E-state index contributed by atoms with van der Waals surface area (Å²) in [5.74, 6) is -2.42. The van der Waals surface area contributed by atoms with E-state index < -0.39 is 11.8 Å². The average molecular weight is 334 g/mol. The van der Waals surface area contributed by atoms with Crippen LogP contribution in [0, 0.1) is 5.82 Å². The van der Waals surface area contributed by atoms with Gasteiger partial charge in [0.15, 0.2) is 0 Å². The minimum absolute atomic E-state index is 0.338. The van der Waals surface area contributed by atoms with Gasteiger partial charge in [0, 0.05) is 0 Å². The highest BCUT2D eigenvalue weighted by Crippen LogP contribution is 2.33. The van der Waals surface area contributed by atoms with Crippen LogP contribution in [0.1, 0.15) is 44.3 Å². The Morgan fingerprint density at radius 1 is 1.22 bits per heavy atom. The van der Waals surface area contributed by atoms with Crippen LogP contribution in [0.4, 0.5) is 4.39 Å². The molecule has 118 valence electrons. The Bertz CT molecular complexity index is 806. The maximum atomic E-state index is 13.7. The van der Waals surface area contributed by atoms with Crippen LogP contribution >= 0.6 is 11.6 Å². The van der Waals surface area contributed by atoms with E-state index in [9.17, 15) is 14.0 Å². The summed E-state index contributed by atoms with van der Waals surface area (Å²) in [5, 5.41) is 12.2. The molecule has 1 amide bonds. The molecule has 0 fully saturated rings. The van der Waals surface area contributed by atoms with Crippen LogP contribution in [0.5, 0.6) is 0 Å². The van der Waals surface area contributed by atoms with Gasteiger partial charge >= 0.3 is 5.97 Å². The average Bonchev–Trinajstić information content (AvgIpc) is 2.88. The van der Waals surface area contributed by atoms with Crippen LogP contribution in [0.25, 0.3) is 0 Å². The van der Waals surface area contributed by atoms with Gasteiger partial charge in [-0.05, 0) is 48.2 Å². The minimum Gasteiger partial charge on any atom is -0.478 e. The molecule has 0 saturated heterocycles. The van der Waals surface area contributed by atoms with Crippen molar-refractivity contribution in [2.24, 2.45) is 0 Å². The zero-order chi connectivity index (χ0) is 16.6. The van der Waals surface area contributed by atoms with E-state index in [0.29, 0.717) is 29.0 Å². The Labute approximate surface area is 136 Å². The molecule has 2 aromatic carbocycles. The number of aromatic carboxylic acids is 1. The first-order chi connectivity index (χ1) is 11.0. The van der Waals surface area contributed by atoms with Crippen molar-refractivity contribution in [1.82, 2.24) is 5.32 Å².